The van der Waals surface area contributed by atoms with Crippen molar-refractivity contribution in [1.29, 1.82) is 0 Å². The van der Waals surface area contributed by atoms with Crippen molar-refractivity contribution in [3.63, 3.8) is 0 Å². The Morgan fingerprint density at radius 1 is 1.54 bits per heavy atom. The highest BCUT2D eigenvalue weighted by molar-refractivity contribution is 14.2. The molecule has 0 fully saturated rings. The molecule has 0 bridgehead atoms. The molecule has 0 saturated heterocycles. The van der Waals surface area contributed by atoms with Crippen LogP contribution in [0.25, 0.3) is 0 Å². The van der Waals surface area contributed by atoms with Crippen LogP contribution in [0.15, 0.2) is 16.6 Å². The van der Waals surface area contributed by atoms with E-state index in [1.165, 1.54) is 15.0 Å². The van der Waals surface area contributed by atoms with Gasteiger partial charge in [-0.2, -0.15) is 0 Å². The van der Waals surface area contributed by atoms with Crippen LogP contribution < -0.4 is 5.73 Å². The molecule has 0 aliphatic carbocycles. The van der Waals surface area contributed by atoms with Crippen LogP contribution in [0.5, 0.6) is 0 Å². The first-order chi connectivity index (χ1) is 6.15. The molecule has 1 rings (SSSR count). The van der Waals surface area contributed by atoms with Gasteiger partial charge < -0.3 is 5.73 Å². The second-order valence-electron chi connectivity index (χ2n) is 2.16. The smallest absolute Gasteiger partial charge is 0.139 e. The molecule has 0 aromatic heterocycles. The molecular weight excluding hydrogens is 368 g/mol. The highest BCUT2D eigenvalue weighted by atomic mass is 127. The molecule has 0 radical (unpaired) electrons. The number of hydrogen-bond acceptors (Lipinski definition) is 2. The third-order valence-electron chi connectivity index (χ3n) is 1.32. The second-order valence-corrected chi connectivity index (χ2v) is 4.69. The van der Waals surface area contributed by atoms with E-state index in [0.717, 1.165) is 0 Å². The van der Waals surface area contributed by atoms with Gasteiger partial charge in [0.25, 0.3) is 0 Å². The Kier molecular flexibility index (Phi) is 4.35. The van der Waals surface area contributed by atoms with Crippen LogP contribution in [0.3, 0.4) is 0 Å². The monoisotopic (exact) mass is 371 g/mol. The normalized spacial score (nSPS) is 9.15. The Balaban J connectivity index is 3.16. The van der Waals surface area contributed by atoms with E-state index >= 15 is 0 Å². The lowest BCUT2D eigenvalue weighted by Crippen LogP contribution is -1.92. The highest BCUT2D eigenvalue weighted by Gasteiger charge is 2.03. The lowest BCUT2D eigenvalue weighted by molar-refractivity contribution is 0.621. The van der Waals surface area contributed by atoms with Crippen LogP contribution in [0.4, 0.5) is 10.1 Å². The fraction of sp³-hybridized carbons (Fsp3) is 0. The maximum Gasteiger partial charge on any atom is 0.139 e. The van der Waals surface area contributed by atoms with E-state index < -0.39 is 0 Å². The predicted octanol–water partition coefficient (Wildman–Crippen LogP) is 3.56. The average molecular weight is 372 g/mol. The molecule has 0 aliphatic rings. The zero-order valence-electron chi connectivity index (χ0n) is 6.27. The zero-order valence-corrected chi connectivity index (χ0v) is 10.8. The lowest BCUT2D eigenvalue weighted by atomic mass is 10.2. The summed E-state index contributed by atoms with van der Waals surface area (Å²) in [7, 11) is 1.36. The number of rotatable bonds is 0. The standard InChI is InChI=1S/C8H4BrFINS/c9-6-3-5(1-2-13-11)8(12)4-7(6)10/h3-4H,12H2. The van der Waals surface area contributed by atoms with Gasteiger partial charge >= 0.3 is 0 Å². The van der Waals surface area contributed by atoms with Crippen LogP contribution in [0, 0.1) is 17.0 Å². The number of halogens is 3. The van der Waals surface area contributed by atoms with Crippen LogP contribution in [0.2, 0.25) is 0 Å². The second kappa shape index (κ2) is 5.08. The van der Waals surface area contributed by atoms with Crippen LogP contribution in [-0.4, -0.2) is 0 Å². The molecule has 1 aromatic carbocycles. The molecule has 0 heterocycles. The minimum Gasteiger partial charge on any atom is -0.398 e. The van der Waals surface area contributed by atoms with Crippen molar-refractivity contribution in [2.24, 2.45) is 0 Å². The summed E-state index contributed by atoms with van der Waals surface area (Å²) in [6, 6.07) is 2.83. The van der Waals surface area contributed by atoms with Gasteiger partial charge in [0.15, 0.2) is 0 Å². The molecule has 0 amide bonds. The van der Waals surface area contributed by atoms with Crippen molar-refractivity contribution in [2.45, 2.75) is 0 Å². The topological polar surface area (TPSA) is 26.0 Å². The fourth-order valence-electron chi connectivity index (χ4n) is 0.745. The summed E-state index contributed by atoms with van der Waals surface area (Å²) >= 11 is 5.12. The van der Waals surface area contributed by atoms with Gasteiger partial charge in [0.1, 0.15) is 5.82 Å². The van der Waals surface area contributed by atoms with Gasteiger partial charge in [-0.1, -0.05) is 5.92 Å². The molecule has 5 heteroatoms. The minimum absolute atomic E-state index is 0.360. The van der Waals surface area contributed by atoms with E-state index in [2.05, 4.69) is 48.3 Å². The third kappa shape index (κ3) is 3.04. The largest absolute Gasteiger partial charge is 0.398 e. The summed E-state index contributed by atoms with van der Waals surface area (Å²) in [5.74, 6) is 2.44. The van der Waals surface area contributed by atoms with Crippen molar-refractivity contribution < 1.29 is 4.39 Å². The molecule has 13 heavy (non-hydrogen) atoms. The third-order valence-corrected chi connectivity index (χ3v) is 2.76. The number of anilines is 1. The molecule has 1 nitrogen and oxygen atoms in total. The van der Waals surface area contributed by atoms with Gasteiger partial charge in [0, 0.05) is 26.8 Å². The average Bonchev–Trinajstić information content (AvgIpc) is 2.09. The first-order valence-electron chi connectivity index (χ1n) is 3.18. The fourth-order valence-corrected chi connectivity index (χ4v) is 1.57. The van der Waals surface area contributed by atoms with Crippen LogP contribution in [0.1, 0.15) is 5.56 Å². The summed E-state index contributed by atoms with van der Waals surface area (Å²) < 4.78 is 13.3. The summed E-state index contributed by atoms with van der Waals surface area (Å²) in [5.41, 5.74) is 6.55. The van der Waals surface area contributed by atoms with Gasteiger partial charge in [-0.25, -0.2) is 4.39 Å². The van der Waals surface area contributed by atoms with E-state index in [4.69, 9.17) is 5.73 Å². The molecule has 68 valence electrons. The molecule has 0 saturated carbocycles. The van der Waals surface area contributed by atoms with Crippen molar-refractivity contribution in [2.75, 3.05) is 5.73 Å². The van der Waals surface area contributed by atoms with Crippen LogP contribution in [-0.2, 0) is 0 Å². The van der Waals surface area contributed by atoms with E-state index in [0.29, 0.717) is 15.7 Å². The molecule has 0 spiro atoms. The van der Waals surface area contributed by atoms with Gasteiger partial charge in [0.2, 0.25) is 0 Å². The van der Waals surface area contributed by atoms with Gasteiger partial charge in [-0.05, 0) is 42.2 Å². The quantitative estimate of drug-likeness (QED) is 0.428. The van der Waals surface area contributed by atoms with Crippen molar-refractivity contribution >= 4 is 51.8 Å². The van der Waals surface area contributed by atoms with Gasteiger partial charge in [-0.15, -0.1) is 0 Å². The Labute approximate surface area is 100 Å². The Morgan fingerprint density at radius 3 is 2.85 bits per heavy atom. The molecule has 0 aliphatic heterocycles. The Hall–Kier alpha value is 0.0700. The Morgan fingerprint density at radius 2 is 2.23 bits per heavy atom. The SMILES string of the molecule is Nc1cc(F)c(Br)cc1C#CSI. The molecular formula is C8H4BrFINS. The van der Waals surface area contributed by atoms with Gasteiger partial charge in [-0.3, -0.25) is 0 Å². The number of benzene rings is 1. The van der Waals surface area contributed by atoms with Crippen LogP contribution >= 0.6 is 46.1 Å². The van der Waals surface area contributed by atoms with Crippen molar-refractivity contribution in [1.82, 2.24) is 0 Å². The number of nitrogens with two attached hydrogens (primary N) is 1. The van der Waals surface area contributed by atoms with Gasteiger partial charge in [0.05, 0.1) is 10.2 Å². The highest BCUT2D eigenvalue weighted by Crippen LogP contribution is 2.22. The molecule has 1 aromatic rings. The van der Waals surface area contributed by atoms with Crippen molar-refractivity contribution in [3.05, 3.63) is 28.0 Å². The predicted molar refractivity (Wildman–Crippen MR) is 67.0 cm³/mol. The molecule has 2 N–H and O–H groups in total. The lowest BCUT2D eigenvalue weighted by Gasteiger charge is -1.99. The van der Waals surface area contributed by atoms with E-state index in [1.807, 2.05) is 0 Å². The maximum atomic E-state index is 12.9. The zero-order chi connectivity index (χ0) is 9.84. The first kappa shape index (κ1) is 11.1. The first-order valence-corrected chi connectivity index (χ1v) is 7.33. The maximum absolute atomic E-state index is 12.9. The van der Waals surface area contributed by atoms with E-state index in [1.54, 1.807) is 6.07 Å². The Bertz CT molecular complexity index is 386. The summed E-state index contributed by atoms with van der Waals surface area (Å²) in [5, 5.41) is 2.78. The van der Waals surface area contributed by atoms with E-state index in [9.17, 15) is 4.39 Å². The minimum atomic E-state index is -0.370. The summed E-state index contributed by atoms with van der Waals surface area (Å²) in [6.45, 7) is 0. The molecule has 0 unspecified atom stereocenters. The number of hydrogen-bond donors (Lipinski definition) is 1. The molecule has 0 atom stereocenters. The number of nitrogen functional groups attached to an aromatic ring is 1. The van der Waals surface area contributed by atoms with Crippen molar-refractivity contribution in [3.8, 4) is 11.2 Å². The summed E-state index contributed by atoms with van der Waals surface area (Å²) in [4.78, 5) is 0. The van der Waals surface area contributed by atoms with E-state index in [-0.39, 0.29) is 5.82 Å². The summed E-state index contributed by atoms with van der Waals surface area (Å²) in [6.07, 6.45) is 0.